The van der Waals surface area contributed by atoms with Crippen LogP contribution in [0.1, 0.15) is 34.0 Å². The van der Waals surface area contributed by atoms with Gasteiger partial charge in [-0.25, -0.2) is 4.98 Å². The Kier molecular flexibility index (Phi) is 4.53. The molecule has 7 heteroatoms. The molecule has 0 aliphatic heterocycles. The van der Waals surface area contributed by atoms with Crippen LogP contribution >= 0.6 is 24.2 Å². The highest BCUT2D eigenvalue weighted by Crippen LogP contribution is 2.38. The molecule has 1 atom stereocenters. The smallest absolute Gasteiger partial charge is 0.213 e. The number of oxazole rings is 1. The average molecular weight is 399 g/mol. The molecule has 0 spiro atoms. The number of thiol groups is 1. The second kappa shape index (κ2) is 6.87. The number of rotatable bonds is 4. The highest BCUT2D eigenvalue weighted by Gasteiger charge is 2.23. The van der Waals surface area contributed by atoms with E-state index in [2.05, 4.69) is 22.6 Å². The van der Waals surface area contributed by atoms with Gasteiger partial charge in [0.15, 0.2) is 11.4 Å². The van der Waals surface area contributed by atoms with Crippen LogP contribution in [0, 0.1) is 0 Å². The second-order valence-corrected chi connectivity index (χ2v) is 7.00. The number of pyridine rings is 1. The molecule has 0 amide bonds. The Morgan fingerprint density at radius 3 is 2.85 bits per heavy atom. The predicted molar refractivity (Wildman–Crippen MR) is 108 cm³/mol. The van der Waals surface area contributed by atoms with Gasteiger partial charge in [0.25, 0.3) is 0 Å². The van der Waals surface area contributed by atoms with Crippen molar-refractivity contribution in [1.29, 1.82) is 0 Å². The van der Waals surface area contributed by atoms with Crippen LogP contribution in [-0.4, -0.2) is 22.9 Å². The molecule has 4 rings (SSSR count). The van der Waals surface area contributed by atoms with Crippen LogP contribution in [0.15, 0.2) is 47.0 Å². The predicted octanol–water partition coefficient (Wildman–Crippen LogP) is 5.26. The summed E-state index contributed by atoms with van der Waals surface area (Å²) in [5.74, 6) is 0.934. The molecule has 1 unspecified atom stereocenters. The molecule has 0 fully saturated rings. The minimum Gasteiger partial charge on any atom is -0.496 e. The number of hydrogen-bond donors (Lipinski definition) is 1. The van der Waals surface area contributed by atoms with E-state index in [0.717, 1.165) is 5.39 Å². The van der Waals surface area contributed by atoms with Crippen LogP contribution in [0.2, 0.25) is 5.02 Å². The molecular formula is C20H15ClN2O3S. The second-order valence-electron chi connectivity index (χ2n) is 6.07. The molecule has 0 aliphatic carbocycles. The van der Waals surface area contributed by atoms with E-state index in [9.17, 15) is 4.79 Å². The summed E-state index contributed by atoms with van der Waals surface area (Å²) < 4.78 is 11.4. The first kappa shape index (κ1) is 17.8. The van der Waals surface area contributed by atoms with Gasteiger partial charge in [-0.05, 0) is 43.3 Å². The number of carbonyl (C=O) groups excluding carboxylic acids is 1. The molecule has 0 aliphatic rings. The molecule has 2 aromatic carbocycles. The minimum atomic E-state index is -0.524. The summed E-state index contributed by atoms with van der Waals surface area (Å²) >= 11 is 11.0. The fraction of sp³-hybridized carbons (Fsp3) is 0.150. The summed E-state index contributed by atoms with van der Waals surface area (Å²) in [6.45, 7) is 1.51. The van der Waals surface area contributed by atoms with Crippen molar-refractivity contribution in [1.82, 2.24) is 9.97 Å². The number of nitrogens with zero attached hydrogens (tertiary/aromatic N) is 2. The Hall–Kier alpha value is -2.57. The maximum absolute atomic E-state index is 11.8. The van der Waals surface area contributed by atoms with E-state index in [1.54, 1.807) is 37.6 Å². The molecule has 0 N–H and O–H groups in total. The van der Waals surface area contributed by atoms with Crippen LogP contribution in [0.3, 0.4) is 0 Å². The number of methoxy groups -OCH3 is 1. The highest BCUT2D eigenvalue weighted by atomic mass is 35.5. The summed E-state index contributed by atoms with van der Waals surface area (Å²) in [6, 6.07) is 10.6. The van der Waals surface area contributed by atoms with Gasteiger partial charge in [-0.2, -0.15) is 12.6 Å². The monoisotopic (exact) mass is 398 g/mol. The van der Waals surface area contributed by atoms with Gasteiger partial charge in [0.05, 0.1) is 12.1 Å². The maximum atomic E-state index is 11.8. The quantitative estimate of drug-likeness (QED) is 0.375. The molecule has 0 bridgehead atoms. The number of hydrogen-bond acceptors (Lipinski definition) is 6. The summed E-state index contributed by atoms with van der Waals surface area (Å²) in [5, 5.41) is 0.822. The van der Waals surface area contributed by atoms with Crippen LogP contribution < -0.4 is 4.74 Å². The highest BCUT2D eigenvalue weighted by molar-refractivity contribution is 7.80. The fourth-order valence-electron chi connectivity index (χ4n) is 3.01. The lowest BCUT2D eigenvalue weighted by Gasteiger charge is -2.13. The summed E-state index contributed by atoms with van der Waals surface area (Å²) in [5.41, 5.74) is 3.05. The van der Waals surface area contributed by atoms with Gasteiger partial charge in [0.2, 0.25) is 5.89 Å². The maximum Gasteiger partial charge on any atom is 0.213 e. The van der Waals surface area contributed by atoms with Crippen LogP contribution in [0.5, 0.6) is 5.75 Å². The van der Waals surface area contributed by atoms with E-state index in [1.807, 2.05) is 12.1 Å². The Bertz CT molecular complexity index is 1190. The van der Waals surface area contributed by atoms with E-state index in [0.29, 0.717) is 44.4 Å². The zero-order valence-corrected chi connectivity index (χ0v) is 16.2. The molecule has 4 aromatic rings. The van der Waals surface area contributed by atoms with E-state index >= 15 is 0 Å². The minimum absolute atomic E-state index is 0.0426. The lowest BCUT2D eigenvalue weighted by molar-refractivity contribution is 0.101. The van der Waals surface area contributed by atoms with E-state index in [4.69, 9.17) is 20.8 Å². The number of ether oxygens (including phenoxy) is 1. The number of Topliss-reactive ketones (excluding diaryl/α,β-unsaturated/α-hetero) is 1. The Balaban J connectivity index is 1.89. The summed E-state index contributed by atoms with van der Waals surface area (Å²) in [7, 11) is 1.57. The number of carbonyl (C=O) groups is 1. The molecule has 2 aromatic heterocycles. The first-order valence-electron chi connectivity index (χ1n) is 8.20. The molecule has 27 heavy (non-hydrogen) atoms. The van der Waals surface area contributed by atoms with Crippen molar-refractivity contribution in [3.05, 3.63) is 64.6 Å². The van der Waals surface area contributed by atoms with E-state index in [-0.39, 0.29) is 5.78 Å². The van der Waals surface area contributed by atoms with E-state index in [1.165, 1.54) is 6.92 Å². The standard InChI is InChI=1S/C20H15ClN2O3S/c1-10(24)11-5-6-16(25-2)13(8-11)19(27)20-23-15-9-14(21)12-4-3-7-22-17(12)18(15)26-20/h3-9,19,27H,1-2H3. The Labute approximate surface area is 165 Å². The lowest BCUT2D eigenvalue weighted by Crippen LogP contribution is -2.01. The van der Waals surface area contributed by atoms with Gasteiger partial charge in [-0.15, -0.1) is 0 Å². The van der Waals surface area contributed by atoms with Crippen LogP contribution in [0.4, 0.5) is 0 Å². The molecular weight excluding hydrogens is 384 g/mol. The van der Waals surface area contributed by atoms with Crippen molar-refractivity contribution in [3.63, 3.8) is 0 Å². The van der Waals surface area contributed by atoms with Crippen molar-refractivity contribution < 1.29 is 13.9 Å². The molecule has 0 saturated heterocycles. The third-order valence-corrected chi connectivity index (χ3v) is 5.19. The fourth-order valence-corrected chi connectivity index (χ4v) is 3.58. The summed E-state index contributed by atoms with van der Waals surface area (Å²) in [4.78, 5) is 20.7. The Morgan fingerprint density at radius 1 is 1.30 bits per heavy atom. The van der Waals surface area contributed by atoms with Gasteiger partial charge in [0, 0.05) is 22.7 Å². The van der Waals surface area contributed by atoms with Crippen molar-refractivity contribution in [3.8, 4) is 5.75 Å². The zero-order chi connectivity index (χ0) is 19.1. The molecule has 2 heterocycles. The first-order valence-corrected chi connectivity index (χ1v) is 9.09. The number of fused-ring (bicyclic) bond motifs is 3. The zero-order valence-electron chi connectivity index (χ0n) is 14.6. The summed E-state index contributed by atoms with van der Waals surface area (Å²) in [6.07, 6.45) is 1.68. The van der Waals surface area contributed by atoms with Gasteiger partial charge in [-0.1, -0.05) is 11.6 Å². The first-order chi connectivity index (χ1) is 13.0. The van der Waals surface area contributed by atoms with Crippen molar-refractivity contribution in [2.24, 2.45) is 0 Å². The van der Waals surface area contributed by atoms with Crippen molar-refractivity contribution in [2.45, 2.75) is 12.2 Å². The molecule has 136 valence electrons. The number of halogens is 1. The molecule has 0 radical (unpaired) electrons. The third-order valence-electron chi connectivity index (χ3n) is 4.38. The normalized spacial score (nSPS) is 12.4. The van der Waals surface area contributed by atoms with Crippen LogP contribution in [-0.2, 0) is 0 Å². The Morgan fingerprint density at radius 2 is 2.11 bits per heavy atom. The SMILES string of the molecule is COc1ccc(C(C)=O)cc1C(S)c1nc2cc(Cl)c3cccnc3c2o1. The lowest BCUT2D eigenvalue weighted by atomic mass is 10.0. The third kappa shape index (κ3) is 3.05. The number of benzene rings is 2. The van der Waals surface area contributed by atoms with E-state index < -0.39 is 5.25 Å². The molecule has 5 nitrogen and oxygen atoms in total. The van der Waals surface area contributed by atoms with Gasteiger partial charge >= 0.3 is 0 Å². The molecule has 0 saturated carbocycles. The van der Waals surface area contributed by atoms with Gasteiger partial charge in [-0.3, -0.25) is 9.78 Å². The number of ketones is 1. The number of aromatic nitrogens is 2. The largest absolute Gasteiger partial charge is 0.496 e. The van der Waals surface area contributed by atoms with Gasteiger partial charge < -0.3 is 9.15 Å². The average Bonchev–Trinajstić information content (AvgIpc) is 3.11. The van der Waals surface area contributed by atoms with Crippen molar-refractivity contribution >= 4 is 52.0 Å². The van der Waals surface area contributed by atoms with Gasteiger partial charge in [0.1, 0.15) is 22.0 Å². The topological polar surface area (TPSA) is 65.2 Å². The van der Waals surface area contributed by atoms with Crippen molar-refractivity contribution in [2.75, 3.05) is 7.11 Å². The van der Waals surface area contributed by atoms with Crippen LogP contribution in [0.25, 0.3) is 22.0 Å².